The van der Waals surface area contributed by atoms with Crippen molar-refractivity contribution in [1.29, 1.82) is 0 Å². The summed E-state index contributed by atoms with van der Waals surface area (Å²) in [5, 5.41) is 4.23. The van der Waals surface area contributed by atoms with E-state index in [1.807, 2.05) is 12.1 Å². The van der Waals surface area contributed by atoms with Crippen molar-refractivity contribution in [3.8, 4) is 0 Å². The van der Waals surface area contributed by atoms with Crippen LogP contribution in [0, 0.1) is 0 Å². The lowest BCUT2D eigenvalue weighted by Gasteiger charge is -2.27. The number of methoxy groups -OCH3 is 2. The summed E-state index contributed by atoms with van der Waals surface area (Å²) in [4.78, 5) is 2.26. The largest absolute Gasteiger partial charge is 0.383 e. The smallest absolute Gasteiger partial charge is 0.0637 e. The van der Waals surface area contributed by atoms with Crippen molar-refractivity contribution >= 4 is 17.3 Å². The summed E-state index contributed by atoms with van der Waals surface area (Å²) in [6.07, 6.45) is 0. The SMILES string of the molecule is COCCN(CCOC)c1cccc(Cl)c1CNC(C)C. The van der Waals surface area contributed by atoms with E-state index in [2.05, 4.69) is 30.1 Å². The second kappa shape index (κ2) is 10.0. The summed E-state index contributed by atoms with van der Waals surface area (Å²) < 4.78 is 10.4. The summed E-state index contributed by atoms with van der Waals surface area (Å²) in [5.74, 6) is 0. The molecule has 4 nitrogen and oxygen atoms in total. The molecule has 0 unspecified atom stereocenters. The lowest BCUT2D eigenvalue weighted by molar-refractivity contribution is 0.190. The number of halogens is 1. The molecule has 21 heavy (non-hydrogen) atoms. The van der Waals surface area contributed by atoms with E-state index < -0.39 is 0 Å². The van der Waals surface area contributed by atoms with Gasteiger partial charge in [0.15, 0.2) is 0 Å². The topological polar surface area (TPSA) is 33.7 Å². The van der Waals surface area contributed by atoms with Gasteiger partial charge in [-0.2, -0.15) is 0 Å². The predicted octanol–water partition coefficient (Wildman–Crippen LogP) is 2.94. The van der Waals surface area contributed by atoms with E-state index in [0.717, 1.165) is 35.9 Å². The van der Waals surface area contributed by atoms with E-state index >= 15 is 0 Å². The van der Waals surface area contributed by atoms with Gasteiger partial charge in [-0.15, -0.1) is 0 Å². The first-order valence-electron chi connectivity index (χ1n) is 7.33. The predicted molar refractivity (Wildman–Crippen MR) is 89.4 cm³/mol. The number of rotatable bonds is 10. The third-order valence-electron chi connectivity index (χ3n) is 3.25. The lowest BCUT2D eigenvalue weighted by Crippen LogP contribution is -2.32. The molecule has 1 rings (SSSR count). The number of ether oxygens (including phenoxy) is 2. The molecule has 0 aliphatic heterocycles. The van der Waals surface area contributed by atoms with E-state index in [0.29, 0.717) is 19.3 Å². The molecule has 1 N–H and O–H groups in total. The molecular weight excluding hydrogens is 288 g/mol. The van der Waals surface area contributed by atoms with Gasteiger partial charge in [0.1, 0.15) is 0 Å². The van der Waals surface area contributed by atoms with Gasteiger partial charge < -0.3 is 19.7 Å². The molecule has 1 aromatic rings. The monoisotopic (exact) mass is 314 g/mol. The van der Waals surface area contributed by atoms with Crippen molar-refractivity contribution in [2.75, 3.05) is 45.4 Å². The first-order chi connectivity index (χ1) is 10.1. The molecule has 0 spiro atoms. The maximum atomic E-state index is 6.40. The van der Waals surface area contributed by atoms with Crippen molar-refractivity contribution in [3.63, 3.8) is 0 Å². The zero-order valence-electron chi connectivity index (χ0n) is 13.5. The summed E-state index contributed by atoms with van der Waals surface area (Å²) in [5.41, 5.74) is 2.27. The number of hydrogen-bond donors (Lipinski definition) is 1. The highest BCUT2D eigenvalue weighted by Crippen LogP contribution is 2.27. The highest BCUT2D eigenvalue weighted by atomic mass is 35.5. The summed E-state index contributed by atoms with van der Waals surface area (Å²) in [6.45, 7) is 7.99. The van der Waals surface area contributed by atoms with Gasteiger partial charge in [-0.3, -0.25) is 0 Å². The second-order valence-electron chi connectivity index (χ2n) is 5.25. The van der Waals surface area contributed by atoms with Crippen LogP contribution in [0.1, 0.15) is 19.4 Å². The molecule has 5 heteroatoms. The summed E-state index contributed by atoms with van der Waals surface area (Å²) >= 11 is 6.40. The normalized spacial score (nSPS) is 11.1. The van der Waals surface area contributed by atoms with E-state index in [1.165, 1.54) is 0 Å². The minimum atomic E-state index is 0.417. The molecule has 0 aromatic heterocycles. The Kier molecular flexibility index (Phi) is 8.69. The van der Waals surface area contributed by atoms with Gasteiger partial charge in [0.2, 0.25) is 0 Å². The van der Waals surface area contributed by atoms with Crippen LogP contribution in [-0.4, -0.2) is 46.6 Å². The quantitative estimate of drug-likeness (QED) is 0.720. The average molecular weight is 315 g/mol. The van der Waals surface area contributed by atoms with Crippen LogP contribution in [-0.2, 0) is 16.0 Å². The van der Waals surface area contributed by atoms with Crippen LogP contribution >= 0.6 is 11.6 Å². The van der Waals surface area contributed by atoms with Crippen LogP contribution in [0.3, 0.4) is 0 Å². The van der Waals surface area contributed by atoms with E-state index in [1.54, 1.807) is 14.2 Å². The Labute approximate surface area is 133 Å². The first-order valence-corrected chi connectivity index (χ1v) is 7.71. The highest BCUT2D eigenvalue weighted by Gasteiger charge is 2.14. The van der Waals surface area contributed by atoms with Crippen molar-refractivity contribution in [3.05, 3.63) is 28.8 Å². The summed E-state index contributed by atoms with van der Waals surface area (Å²) in [7, 11) is 3.43. The van der Waals surface area contributed by atoms with Gasteiger partial charge in [-0.05, 0) is 12.1 Å². The van der Waals surface area contributed by atoms with Crippen molar-refractivity contribution in [1.82, 2.24) is 5.32 Å². The molecule has 0 amide bonds. The van der Waals surface area contributed by atoms with Gasteiger partial charge >= 0.3 is 0 Å². The van der Waals surface area contributed by atoms with Gasteiger partial charge in [-0.25, -0.2) is 0 Å². The second-order valence-corrected chi connectivity index (χ2v) is 5.65. The van der Waals surface area contributed by atoms with E-state index in [9.17, 15) is 0 Å². The Bertz CT molecular complexity index is 405. The van der Waals surface area contributed by atoms with E-state index in [4.69, 9.17) is 21.1 Å². The van der Waals surface area contributed by atoms with Crippen LogP contribution in [0.25, 0.3) is 0 Å². The molecule has 0 saturated carbocycles. The van der Waals surface area contributed by atoms with Crippen molar-refractivity contribution < 1.29 is 9.47 Å². The van der Waals surface area contributed by atoms with Crippen LogP contribution in [0.4, 0.5) is 5.69 Å². The Morgan fingerprint density at radius 1 is 1.14 bits per heavy atom. The number of nitrogens with zero attached hydrogens (tertiary/aromatic N) is 1. The minimum absolute atomic E-state index is 0.417. The van der Waals surface area contributed by atoms with Gasteiger partial charge in [0, 0.05) is 56.2 Å². The average Bonchev–Trinajstić information content (AvgIpc) is 2.46. The fourth-order valence-electron chi connectivity index (χ4n) is 2.08. The first kappa shape index (κ1) is 18.2. The number of hydrogen-bond acceptors (Lipinski definition) is 4. The molecule has 0 aliphatic rings. The number of nitrogens with one attached hydrogen (secondary N) is 1. The summed E-state index contributed by atoms with van der Waals surface area (Å²) in [6, 6.07) is 6.45. The van der Waals surface area contributed by atoms with Gasteiger partial charge in [0.05, 0.1) is 13.2 Å². The number of anilines is 1. The lowest BCUT2D eigenvalue weighted by atomic mass is 10.1. The Morgan fingerprint density at radius 3 is 2.29 bits per heavy atom. The zero-order valence-corrected chi connectivity index (χ0v) is 14.2. The fraction of sp³-hybridized carbons (Fsp3) is 0.625. The standard InChI is InChI=1S/C16H27ClN2O2/c1-13(2)18-12-14-15(17)6-5-7-16(14)19(8-10-20-3)9-11-21-4/h5-7,13,18H,8-12H2,1-4H3. The van der Waals surface area contributed by atoms with Gasteiger partial charge in [-0.1, -0.05) is 31.5 Å². The molecular formula is C16H27ClN2O2. The van der Waals surface area contributed by atoms with E-state index in [-0.39, 0.29) is 0 Å². The Morgan fingerprint density at radius 2 is 1.76 bits per heavy atom. The van der Waals surface area contributed by atoms with Crippen LogP contribution in [0.2, 0.25) is 5.02 Å². The number of benzene rings is 1. The molecule has 0 saturated heterocycles. The van der Waals surface area contributed by atoms with Crippen LogP contribution in [0.5, 0.6) is 0 Å². The zero-order chi connectivity index (χ0) is 15.7. The molecule has 0 radical (unpaired) electrons. The third-order valence-corrected chi connectivity index (χ3v) is 3.61. The molecule has 120 valence electrons. The maximum Gasteiger partial charge on any atom is 0.0637 e. The highest BCUT2D eigenvalue weighted by molar-refractivity contribution is 6.31. The third kappa shape index (κ3) is 6.22. The molecule has 0 atom stereocenters. The molecule has 0 heterocycles. The molecule has 0 bridgehead atoms. The maximum absolute atomic E-state index is 6.40. The van der Waals surface area contributed by atoms with Crippen LogP contribution < -0.4 is 10.2 Å². The molecule has 0 aliphatic carbocycles. The van der Waals surface area contributed by atoms with Crippen molar-refractivity contribution in [2.45, 2.75) is 26.4 Å². The fourth-order valence-corrected chi connectivity index (χ4v) is 2.32. The Hall–Kier alpha value is -0.810. The van der Waals surface area contributed by atoms with Crippen LogP contribution in [0.15, 0.2) is 18.2 Å². The minimum Gasteiger partial charge on any atom is -0.383 e. The molecule has 1 aromatic carbocycles. The Balaban J connectivity index is 2.95. The van der Waals surface area contributed by atoms with Crippen molar-refractivity contribution in [2.24, 2.45) is 0 Å². The molecule has 0 fully saturated rings. The van der Waals surface area contributed by atoms with Gasteiger partial charge in [0.25, 0.3) is 0 Å².